The first-order chi connectivity index (χ1) is 10.7. The SMILES string of the molecule is C=CCN1CC[C@@H](CNC(=O)Nc2ccc3cn[nH]c3c2)C1. The van der Waals surface area contributed by atoms with E-state index in [1.807, 2.05) is 24.3 Å². The number of nitrogens with zero attached hydrogens (tertiary/aromatic N) is 2. The average molecular weight is 299 g/mol. The maximum atomic E-state index is 12.0. The van der Waals surface area contributed by atoms with E-state index in [0.29, 0.717) is 12.5 Å². The number of carbonyl (C=O) groups is 1. The first kappa shape index (κ1) is 14.6. The molecule has 116 valence electrons. The summed E-state index contributed by atoms with van der Waals surface area (Å²) in [7, 11) is 0. The smallest absolute Gasteiger partial charge is 0.319 e. The van der Waals surface area contributed by atoms with Crippen LogP contribution >= 0.6 is 0 Å². The van der Waals surface area contributed by atoms with Crippen molar-refractivity contribution in [2.24, 2.45) is 5.92 Å². The van der Waals surface area contributed by atoms with Crippen molar-refractivity contribution in [1.29, 1.82) is 0 Å². The molecule has 3 N–H and O–H groups in total. The van der Waals surface area contributed by atoms with Crippen molar-refractivity contribution in [1.82, 2.24) is 20.4 Å². The fourth-order valence-corrected chi connectivity index (χ4v) is 2.86. The molecular formula is C16H21N5O. The monoisotopic (exact) mass is 299 g/mol. The predicted molar refractivity (Wildman–Crippen MR) is 87.9 cm³/mol. The quantitative estimate of drug-likeness (QED) is 0.741. The molecule has 1 aliphatic heterocycles. The highest BCUT2D eigenvalue weighted by molar-refractivity contribution is 5.92. The number of fused-ring (bicyclic) bond motifs is 1. The zero-order valence-electron chi connectivity index (χ0n) is 12.5. The number of anilines is 1. The van der Waals surface area contributed by atoms with Gasteiger partial charge in [-0.2, -0.15) is 5.10 Å². The molecule has 6 nitrogen and oxygen atoms in total. The molecule has 6 heteroatoms. The molecule has 0 unspecified atom stereocenters. The van der Waals surface area contributed by atoms with Gasteiger partial charge in [0.2, 0.25) is 0 Å². The maximum Gasteiger partial charge on any atom is 0.319 e. The van der Waals surface area contributed by atoms with Gasteiger partial charge >= 0.3 is 6.03 Å². The van der Waals surface area contributed by atoms with Crippen LogP contribution in [0.3, 0.4) is 0 Å². The maximum absolute atomic E-state index is 12.0. The molecule has 2 amide bonds. The van der Waals surface area contributed by atoms with E-state index >= 15 is 0 Å². The van der Waals surface area contributed by atoms with Crippen molar-refractivity contribution in [2.75, 3.05) is 31.5 Å². The number of likely N-dealkylation sites (tertiary alicyclic amines) is 1. The molecule has 3 rings (SSSR count). The van der Waals surface area contributed by atoms with E-state index in [0.717, 1.165) is 42.6 Å². The van der Waals surface area contributed by atoms with Crippen LogP contribution in [0.2, 0.25) is 0 Å². The fourth-order valence-electron chi connectivity index (χ4n) is 2.86. The first-order valence-electron chi connectivity index (χ1n) is 7.56. The summed E-state index contributed by atoms with van der Waals surface area (Å²) in [6, 6.07) is 5.52. The van der Waals surface area contributed by atoms with E-state index in [-0.39, 0.29) is 6.03 Å². The lowest BCUT2D eigenvalue weighted by atomic mass is 10.1. The number of aromatic amines is 1. The van der Waals surface area contributed by atoms with E-state index < -0.39 is 0 Å². The number of benzene rings is 1. The first-order valence-corrected chi connectivity index (χ1v) is 7.56. The lowest BCUT2D eigenvalue weighted by Crippen LogP contribution is -2.34. The molecule has 0 bridgehead atoms. The Morgan fingerprint density at radius 2 is 2.45 bits per heavy atom. The van der Waals surface area contributed by atoms with Crippen LogP contribution in [0.5, 0.6) is 0 Å². The molecule has 0 aliphatic carbocycles. The molecule has 1 aromatic carbocycles. The van der Waals surface area contributed by atoms with Crippen molar-refractivity contribution < 1.29 is 4.79 Å². The van der Waals surface area contributed by atoms with E-state index in [9.17, 15) is 4.79 Å². The molecule has 0 saturated carbocycles. The van der Waals surface area contributed by atoms with Gasteiger partial charge in [0.05, 0.1) is 11.7 Å². The lowest BCUT2D eigenvalue weighted by Gasteiger charge is -2.14. The Balaban J connectivity index is 1.47. The summed E-state index contributed by atoms with van der Waals surface area (Å²) >= 11 is 0. The van der Waals surface area contributed by atoms with Gasteiger partial charge in [-0.1, -0.05) is 6.08 Å². The van der Waals surface area contributed by atoms with Crippen LogP contribution in [0.15, 0.2) is 37.1 Å². The summed E-state index contributed by atoms with van der Waals surface area (Å²) in [6.07, 6.45) is 4.80. The number of H-pyrrole nitrogens is 1. The Labute approximate surface area is 129 Å². The molecule has 1 aliphatic rings. The van der Waals surface area contributed by atoms with Crippen LogP contribution in [0.25, 0.3) is 10.9 Å². The predicted octanol–water partition coefficient (Wildman–Crippen LogP) is 2.19. The number of nitrogens with one attached hydrogen (secondary N) is 3. The van der Waals surface area contributed by atoms with Gasteiger partial charge in [0.1, 0.15) is 0 Å². The van der Waals surface area contributed by atoms with Crippen molar-refractivity contribution >= 4 is 22.6 Å². The normalized spacial score (nSPS) is 18.5. The molecule has 1 atom stereocenters. The van der Waals surface area contributed by atoms with Crippen LogP contribution in [0, 0.1) is 5.92 Å². The minimum Gasteiger partial charge on any atom is -0.338 e. The molecule has 0 spiro atoms. The molecular weight excluding hydrogens is 278 g/mol. The molecule has 0 radical (unpaired) electrons. The third-order valence-electron chi connectivity index (χ3n) is 4.01. The van der Waals surface area contributed by atoms with E-state index in [4.69, 9.17) is 0 Å². The van der Waals surface area contributed by atoms with Crippen LogP contribution in [-0.4, -0.2) is 47.3 Å². The van der Waals surface area contributed by atoms with Crippen molar-refractivity contribution in [2.45, 2.75) is 6.42 Å². The van der Waals surface area contributed by atoms with Gasteiger partial charge in [0, 0.05) is 30.7 Å². The van der Waals surface area contributed by atoms with Crippen LogP contribution in [0.4, 0.5) is 10.5 Å². The molecule has 1 fully saturated rings. The van der Waals surface area contributed by atoms with E-state index in [2.05, 4.69) is 32.3 Å². The Morgan fingerprint density at radius 3 is 3.32 bits per heavy atom. The van der Waals surface area contributed by atoms with Crippen molar-refractivity contribution in [3.63, 3.8) is 0 Å². The molecule has 1 saturated heterocycles. The Hall–Kier alpha value is -2.34. The molecule has 22 heavy (non-hydrogen) atoms. The fraction of sp³-hybridized carbons (Fsp3) is 0.375. The number of rotatable bonds is 5. The zero-order valence-corrected chi connectivity index (χ0v) is 12.5. The third kappa shape index (κ3) is 3.46. The third-order valence-corrected chi connectivity index (χ3v) is 4.01. The Kier molecular flexibility index (Phi) is 4.39. The minimum absolute atomic E-state index is 0.166. The largest absolute Gasteiger partial charge is 0.338 e. The second-order valence-electron chi connectivity index (χ2n) is 5.71. The minimum atomic E-state index is -0.166. The summed E-state index contributed by atoms with van der Waals surface area (Å²) in [5, 5.41) is 13.7. The van der Waals surface area contributed by atoms with E-state index in [1.54, 1.807) is 6.20 Å². The second kappa shape index (κ2) is 6.62. The molecule has 2 heterocycles. The zero-order chi connectivity index (χ0) is 15.4. The number of hydrogen-bond acceptors (Lipinski definition) is 3. The van der Waals surface area contributed by atoms with E-state index in [1.165, 1.54) is 0 Å². The van der Waals surface area contributed by atoms with Gasteiger partial charge in [0.25, 0.3) is 0 Å². The van der Waals surface area contributed by atoms with Crippen molar-refractivity contribution in [3.05, 3.63) is 37.1 Å². The topological polar surface area (TPSA) is 73.1 Å². The second-order valence-corrected chi connectivity index (χ2v) is 5.71. The summed E-state index contributed by atoms with van der Waals surface area (Å²) in [5.41, 5.74) is 1.67. The highest BCUT2D eigenvalue weighted by Crippen LogP contribution is 2.17. The average Bonchev–Trinajstić information content (AvgIpc) is 3.14. The van der Waals surface area contributed by atoms with Gasteiger partial charge < -0.3 is 10.6 Å². The van der Waals surface area contributed by atoms with Crippen molar-refractivity contribution in [3.8, 4) is 0 Å². The standard InChI is InChI=1S/C16H21N5O/c1-2-6-21-7-5-12(11-21)9-17-16(22)19-14-4-3-13-10-18-20-15(13)8-14/h2-4,8,10,12H,1,5-7,9,11H2,(H,18,20)(H2,17,19,22)/t12-/m0/s1. The summed E-state index contributed by atoms with van der Waals surface area (Å²) < 4.78 is 0. The van der Waals surface area contributed by atoms with Crippen LogP contribution in [0.1, 0.15) is 6.42 Å². The van der Waals surface area contributed by atoms with Gasteiger partial charge in [-0.05, 0) is 37.1 Å². The van der Waals surface area contributed by atoms with Crippen LogP contribution < -0.4 is 10.6 Å². The van der Waals surface area contributed by atoms with Gasteiger partial charge in [0.15, 0.2) is 0 Å². The number of carbonyl (C=O) groups excluding carboxylic acids is 1. The highest BCUT2D eigenvalue weighted by Gasteiger charge is 2.21. The summed E-state index contributed by atoms with van der Waals surface area (Å²) in [4.78, 5) is 14.3. The van der Waals surface area contributed by atoms with Crippen LogP contribution in [-0.2, 0) is 0 Å². The number of amides is 2. The number of aromatic nitrogens is 2. The van der Waals surface area contributed by atoms with Gasteiger partial charge in [-0.25, -0.2) is 4.79 Å². The number of urea groups is 1. The molecule has 1 aromatic heterocycles. The Morgan fingerprint density at radius 1 is 1.55 bits per heavy atom. The Bertz CT molecular complexity index is 665. The van der Waals surface area contributed by atoms with Gasteiger partial charge in [-0.15, -0.1) is 6.58 Å². The highest BCUT2D eigenvalue weighted by atomic mass is 16.2. The molecule has 2 aromatic rings. The summed E-state index contributed by atoms with van der Waals surface area (Å²) in [6.45, 7) is 7.48. The van der Waals surface area contributed by atoms with Gasteiger partial charge in [-0.3, -0.25) is 10.00 Å². The lowest BCUT2D eigenvalue weighted by molar-refractivity contribution is 0.250. The number of hydrogen-bond donors (Lipinski definition) is 3. The summed E-state index contributed by atoms with van der Waals surface area (Å²) in [5.74, 6) is 0.515.